The third kappa shape index (κ3) is 5.41. The van der Waals surface area contributed by atoms with Crippen molar-refractivity contribution >= 4 is 0 Å². The van der Waals surface area contributed by atoms with E-state index in [1.807, 2.05) is 26.1 Å². The van der Waals surface area contributed by atoms with E-state index in [1.54, 1.807) is 0 Å². The first-order valence-electron chi connectivity index (χ1n) is 5.10. The molecule has 0 aromatic heterocycles. The van der Waals surface area contributed by atoms with Crippen molar-refractivity contribution in [2.75, 3.05) is 7.05 Å². The van der Waals surface area contributed by atoms with Gasteiger partial charge in [-0.05, 0) is 31.9 Å². The van der Waals surface area contributed by atoms with E-state index in [4.69, 9.17) is 0 Å². The topological polar surface area (TPSA) is 12.0 Å². The molecule has 0 rings (SSSR count). The zero-order valence-corrected chi connectivity index (χ0v) is 9.67. The van der Waals surface area contributed by atoms with Crippen LogP contribution >= 0.6 is 0 Å². The summed E-state index contributed by atoms with van der Waals surface area (Å²) in [5.74, 6) is 0. The molecule has 0 spiro atoms. The molecule has 1 heteroatoms. The maximum absolute atomic E-state index is 3.18. The zero-order valence-electron chi connectivity index (χ0n) is 9.67. The Kier molecular flexibility index (Phi) is 7.62. The highest BCUT2D eigenvalue weighted by Crippen LogP contribution is 2.05. The third-order valence-corrected chi connectivity index (χ3v) is 1.87. The van der Waals surface area contributed by atoms with Crippen LogP contribution in [0.15, 0.2) is 47.7 Å². The molecule has 0 aliphatic heterocycles. The van der Waals surface area contributed by atoms with Crippen LogP contribution in [0.2, 0.25) is 0 Å². The average Bonchev–Trinajstić information content (AvgIpc) is 2.21. The highest BCUT2D eigenvalue weighted by Gasteiger charge is 1.92. The van der Waals surface area contributed by atoms with Crippen LogP contribution in [0.5, 0.6) is 0 Å². The Morgan fingerprint density at radius 3 is 2.43 bits per heavy atom. The lowest BCUT2D eigenvalue weighted by atomic mass is 10.2. The second-order valence-corrected chi connectivity index (χ2v) is 3.04. The van der Waals surface area contributed by atoms with Gasteiger partial charge in [-0.2, -0.15) is 0 Å². The smallest absolute Gasteiger partial charge is 0.0367 e. The maximum Gasteiger partial charge on any atom is 0.0367 e. The Hall–Kier alpha value is -1.24. The summed E-state index contributed by atoms with van der Waals surface area (Å²) in [6.45, 7) is 6.25. The fourth-order valence-electron chi connectivity index (χ4n) is 1.04. The number of hydrogen-bond acceptors (Lipinski definition) is 1. The van der Waals surface area contributed by atoms with E-state index >= 15 is 0 Å². The minimum atomic E-state index is 1.07. The summed E-state index contributed by atoms with van der Waals surface area (Å²) in [5, 5.41) is 3.18. The van der Waals surface area contributed by atoms with E-state index in [9.17, 15) is 0 Å². The highest BCUT2D eigenvalue weighted by molar-refractivity contribution is 5.32. The lowest BCUT2D eigenvalue weighted by Crippen LogP contribution is -2.06. The van der Waals surface area contributed by atoms with E-state index < -0.39 is 0 Å². The minimum Gasteiger partial charge on any atom is -0.388 e. The molecular weight excluding hydrogens is 170 g/mol. The lowest BCUT2D eigenvalue weighted by molar-refractivity contribution is 0.998. The molecule has 0 aromatic carbocycles. The van der Waals surface area contributed by atoms with Crippen LogP contribution in [0.4, 0.5) is 0 Å². The number of nitrogens with one attached hydrogen (secondary N) is 1. The van der Waals surface area contributed by atoms with Gasteiger partial charge in [0.15, 0.2) is 0 Å². The van der Waals surface area contributed by atoms with Gasteiger partial charge in [0.25, 0.3) is 0 Å². The SMILES string of the molecule is C\C=C/C=C(C)/C(=C/C=C\CC)NC. The average molecular weight is 191 g/mol. The summed E-state index contributed by atoms with van der Waals surface area (Å²) in [6.07, 6.45) is 13.6. The molecule has 1 N–H and O–H groups in total. The first-order chi connectivity index (χ1) is 6.76. The Balaban J connectivity index is 4.54. The second kappa shape index (κ2) is 8.36. The van der Waals surface area contributed by atoms with Crippen molar-refractivity contribution in [3.8, 4) is 0 Å². The number of likely N-dealkylation sites (N-methyl/N-ethyl adjacent to an activating group) is 1. The maximum atomic E-state index is 3.18. The van der Waals surface area contributed by atoms with Crippen molar-refractivity contribution in [1.29, 1.82) is 0 Å². The Morgan fingerprint density at radius 2 is 1.93 bits per heavy atom. The fraction of sp³-hybridized carbons (Fsp3) is 0.385. The molecule has 0 fully saturated rings. The van der Waals surface area contributed by atoms with Crippen molar-refractivity contribution in [2.24, 2.45) is 0 Å². The van der Waals surface area contributed by atoms with Crippen LogP contribution in [0, 0.1) is 0 Å². The summed E-state index contributed by atoms with van der Waals surface area (Å²) >= 11 is 0. The van der Waals surface area contributed by atoms with Crippen molar-refractivity contribution in [1.82, 2.24) is 5.32 Å². The third-order valence-electron chi connectivity index (χ3n) is 1.87. The molecule has 0 saturated carbocycles. The van der Waals surface area contributed by atoms with Crippen molar-refractivity contribution in [3.63, 3.8) is 0 Å². The molecule has 0 amide bonds. The van der Waals surface area contributed by atoms with Crippen LogP contribution in [-0.4, -0.2) is 7.05 Å². The van der Waals surface area contributed by atoms with Crippen LogP contribution in [0.25, 0.3) is 0 Å². The summed E-state index contributed by atoms with van der Waals surface area (Å²) < 4.78 is 0. The predicted octanol–water partition coefficient (Wildman–Crippen LogP) is 3.58. The Morgan fingerprint density at radius 1 is 1.21 bits per heavy atom. The van der Waals surface area contributed by atoms with E-state index in [0.717, 1.165) is 12.1 Å². The van der Waals surface area contributed by atoms with Gasteiger partial charge < -0.3 is 5.32 Å². The molecule has 0 saturated heterocycles. The molecule has 0 bridgehead atoms. The minimum absolute atomic E-state index is 1.07. The molecule has 0 atom stereocenters. The molecule has 0 unspecified atom stereocenters. The van der Waals surface area contributed by atoms with Crippen LogP contribution in [0.1, 0.15) is 27.2 Å². The first kappa shape index (κ1) is 12.8. The number of hydrogen-bond donors (Lipinski definition) is 1. The standard InChI is InChI=1S/C13H21N/c1-5-7-9-11-13(14-4)12(3)10-8-6-2/h6-11,14H,5H2,1-4H3/b8-6-,9-7-,12-10+,13-11-. The van der Waals surface area contributed by atoms with E-state index in [0.29, 0.717) is 0 Å². The second-order valence-electron chi connectivity index (χ2n) is 3.04. The predicted molar refractivity (Wildman–Crippen MR) is 65.1 cm³/mol. The largest absolute Gasteiger partial charge is 0.388 e. The first-order valence-corrected chi connectivity index (χ1v) is 5.10. The van der Waals surface area contributed by atoms with Gasteiger partial charge in [0.1, 0.15) is 0 Å². The van der Waals surface area contributed by atoms with Gasteiger partial charge in [-0.1, -0.05) is 37.3 Å². The van der Waals surface area contributed by atoms with Crippen LogP contribution < -0.4 is 5.32 Å². The van der Waals surface area contributed by atoms with Gasteiger partial charge in [0, 0.05) is 12.7 Å². The molecule has 1 nitrogen and oxygen atoms in total. The molecular formula is C13H21N. The van der Waals surface area contributed by atoms with Gasteiger partial charge in [0.05, 0.1) is 0 Å². The van der Waals surface area contributed by atoms with Crippen LogP contribution in [-0.2, 0) is 0 Å². The number of allylic oxidation sites excluding steroid dienone is 7. The Labute approximate surface area is 87.9 Å². The van der Waals surface area contributed by atoms with Gasteiger partial charge in [-0.3, -0.25) is 0 Å². The van der Waals surface area contributed by atoms with E-state index in [1.165, 1.54) is 5.57 Å². The molecule has 0 aliphatic carbocycles. The molecule has 78 valence electrons. The van der Waals surface area contributed by atoms with E-state index in [-0.39, 0.29) is 0 Å². The summed E-state index contributed by atoms with van der Waals surface area (Å²) in [6, 6.07) is 0. The lowest BCUT2D eigenvalue weighted by Gasteiger charge is -2.04. The number of rotatable bonds is 5. The van der Waals surface area contributed by atoms with E-state index in [2.05, 4.69) is 43.5 Å². The molecule has 0 radical (unpaired) electrons. The molecule has 0 aliphatic rings. The quantitative estimate of drug-likeness (QED) is 0.655. The highest BCUT2D eigenvalue weighted by atomic mass is 14.8. The van der Waals surface area contributed by atoms with Crippen molar-refractivity contribution in [3.05, 3.63) is 47.7 Å². The fourth-order valence-corrected chi connectivity index (χ4v) is 1.04. The monoisotopic (exact) mass is 191 g/mol. The van der Waals surface area contributed by atoms with Crippen molar-refractivity contribution < 1.29 is 0 Å². The van der Waals surface area contributed by atoms with Gasteiger partial charge in [-0.15, -0.1) is 0 Å². The van der Waals surface area contributed by atoms with Gasteiger partial charge in [-0.25, -0.2) is 0 Å². The molecule has 0 aromatic rings. The van der Waals surface area contributed by atoms with Crippen molar-refractivity contribution in [2.45, 2.75) is 27.2 Å². The van der Waals surface area contributed by atoms with Crippen LogP contribution in [0.3, 0.4) is 0 Å². The summed E-state index contributed by atoms with van der Waals surface area (Å²) in [7, 11) is 1.94. The summed E-state index contributed by atoms with van der Waals surface area (Å²) in [4.78, 5) is 0. The zero-order chi connectivity index (χ0) is 10.8. The van der Waals surface area contributed by atoms with Gasteiger partial charge in [0.2, 0.25) is 0 Å². The van der Waals surface area contributed by atoms with Gasteiger partial charge >= 0.3 is 0 Å². The molecule has 14 heavy (non-hydrogen) atoms. The normalized spacial score (nSPS) is 14.3. The molecule has 0 heterocycles. The Bertz CT molecular complexity index is 254. The summed E-state index contributed by atoms with van der Waals surface area (Å²) in [5.41, 5.74) is 2.40.